The lowest BCUT2D eigenvalue weighted by Crippen LogP contribution is -2.52. The Labute approximate surface area is 275 Å². The zero-order valence-corrected chi connectivity index (χ0v) is 28.7. The number of esters is 1. The van der Waals surface area contributed by atoms with E-state index in [9.17, 15) is 34.8 Å². The number of amides is 1. The molecule has 0 spiro atoms. The third-order valence-corrected chi connectivity index (χ3v) is 9.54. The molecule has 8 unspecified atom stereocenters. The second-order valence-electron chi connectivity index (χ2n) is 13.6. The number of hydrogen-bond acceptors (Lipinski definition) is 10. The van der Waals surface area contributed by atoms with Crippen LogP contribution in [0.2, 0.25) is 0 Å². The fraction of sp³-hybridized carbons (Fsp3) is 0.800. The van der Waals surface area contributed by atoms with Crippen LogP contribution in [0.15, 0.2) is 23.8 Å². The van der Waals surface area contributed by atoms with E-state index < -0.39 is 48.1 Å². The van der Waals surface area contributed by atoms with Gasteiger partial charge in [0.15, 0.2) is 11.6 Å². The first kappa shape index (κ1) is 40.0. The van der Waals surface area contributed by atoms with Crippen LogP contribution < -0.4 is 0 Å². The normalized spacial score (nSPS) is 34.9. The number of carbonyl (C=O) groups excluding carboxylic acids is 3. The van der Waals surface area contributed by atoms with Crippen molar-refractivity contribution in [3.63, 3.8) is 0 Å². The molecule has 2 aliphatic rings. The van der Waals surface area contributed by atoms with Crippen molar-refractivity contribution in [1.29, 1.82) is 0 Å². The van der Waals surface area contributed by atoms with Gasteiger partial charge in [0, 0.05) is 39.0 Å². The second-order valence-corrected chi connectivity index (χ2v) is 13.6. The van der Waals surface area contributed by atoms with Crippen LogP contribution in [-0.4, -0.2) is 107 Å². The Kier molecular flexibility index (Phi) is 17.1. The van der Waals surface area contributed by atoms with Crippen LogP contribution in [0.3, 0.4) is 0 Å². The van der Waals surface area contributed by atoms with Crippen molar-refractivity contribution in [3.8, 4) is 0 Å². The molecule has 8 atom stereocenters. The average molecular weight is 654 g/mol. The number of aliphatic hydroxyl groups excluding tert-OH is 2. The molecule has 0 bridgehead atoms. The number of carbonyl (C=O) groups is 3. The molecule has 1 saturated heterocycles. The number of cyclic esters (lactones) is 1. The van der Waals surface area contributed by atoms with E-state index in [1.165, 1.54) is 4.90 Å². The van der Waals surface area contributed by atoms with Gasteiger partial charge in [0.25, 0.3) is 0 Å². The van der Waals surface area contributed by atoms with Crippen molar-refractivity contribution in [2.75, 3.05) is 34.0 Å². The van der Waals surface area contributed by atoms with Gasteiger partial charge in [-0.15, -0.1) is 0 Å². The molecule has 0 aliphatic carbocycles. The lowest BCUT2D eigenvalue weighted by Gasteiger charge is -2.37. The number of nitrogens with zero attached hydrogens (tertiary/aromatic N) is 1. The summed E-state index contributed by atoms with van der Waals surface area (Å²) in [6.45, 7) is 7.55. The minimum atomic E-state index is -2.32. The van der Waals surface area contributed by atoms with E-state index >= 15 is 0 Å². The molecule has 264 valence electrons. The molecule has 1 amide bonds. The Morgan fingerprint density at radius 1 is 0.978 bits per heavy atom. The summed E-state index contributed by atoms with van der Waals surface area (Å²) in [5, 5.41) is 42.1. The standard InChI is InChI=1S/C35H59NO10/c1-23-15-24(2)17-28(44-5)19-29(45-6)18-26(4)35(42,43)21-33(40)36-13-9-7-12-30(36)34(41)46-22-25(3)31(38)20-32(39)27(16-23)11-8-10-14-37/h8,10,16,23-26,28-31,37-38,42-43H,7,9,11-15,17-22H2,1-6H3/b10-8?,27-16+. The number of ether oxygens (including phenoxy) is 3. The third-order valence-electron chi connectivity index (χ3n) is 9.54. The fourth-order valence-electron chi connectivity index (χ4n) is 6.52. The van der Waals surface area contributed by atoms with Crippen LogP contribution in [-0.2, 0) is 28.6 Å². The highest BCUT2D eigenvalue weighted by Gasteiger charge is 2.41. The first-order valence-corrected chi connectivity index (χ1v) is 16.9. The van der Waals surface area contributed by atoms with E-state index in [1.807, 2.05) is 13.0 Å². The van der Waals surface area contributed by atoms with Crippen molar-refractivity contribution in [2.24, 2.45) is 23.7 Å². The van der Waals surface area contributed by atoms with Gasteiger partial charge >= 0.3 is 5.97 Å². The number of methoxy groups -OCH3 is 2. The molecule has 0 aromatic carbocycles. The maximum atomic E-state index is 13.4. The highest BCUT2D eigenvalue weighted by Crippen LogP contribution is 2.30. The fourth-order valence-corrected chi connectivity index (χ4v) is 6.52. The number of piperidine rings is 1. The van der Waals surface area contributed by atoms with Gasteiger partial charge in [-0.05, 0) is 68.8 Å². The van der Waals surface area contributed by atoms with Crippen LogP contribution in [0.1, 0.15) is 91.9 Å². The van der Waals surface area contributed by atoms with Crippen LogP contribution >= 0.6 is 0 Å². The van der Waals surface area contributed by atoms with E-state index in [1.54, 1.807) is 40.2 Å². The summed E-state index contributed by atoms with van der Waals surface area (Å²) < 4.78 is 17.1. The van der Waals surface area contributed by atoms with Gasteiger partial charge in [0.1, 0.15) is 6.04 Å². The predicted octanol–water partition coefficient (Wildman–Crippen LogP) is 3.32. The van der Waals surface area contributed by atoms with Crippen molar-refractivity contribution in [1.82, 2.24) is 4.90 Å². The topological polar surface area (TPSA) is 163 Å². The summed E-state index contributed by atoms with van der Waals surface area (Å²) in [5.41, 5.74) is 0.551. The number of rotatable bonds is 5. The molecule has 46 heavy (non-hydrogen) atoms. The van der Waals surface area contributed by atoms with Crippen LogP contribution in [0.25, 0.3) is 0 Å². The average Bonchev–Trinajstić information content (AvgIpc) is 3.01. The first-order valence-electron chi connectivity index (χ1n) is 16.9. The van der Waals surface area contributed by atoms with Gasteiger partial charge in [0.2, 0.25) is 5.91 Å². The van der Waals surface area contributed by atoms with Crippen molar-refractivity contribution in [3.05, 3.63) is 23.8 Å². The first-order chi connectivity index (χ1) is 21.7. The minimum absolute atomic E-state index is 0.0460. The quantitative estimate of drug-likeness (QED) is 0.197. The zero-order chi connectivity index (χ0) is 34.4. The number of aliphatic hydroxyl groups is 4. The van der Waals surface area contributed by atoms with E-state index in [0.29, 0.717) is 44.2 Å². The third kappa shape index (κ3) is 12.8. The van der Waals surface area contributed by atoms with Crippen molar-refractivity contribution >= 4 is 17.7 Å². The smallest absolute Gasteiger partial charge is 0.328 e. The number of allylic oxidation sites excluding steroid dienone is 3. The molecule has 4 N–H and O–H groups in total. The SMILES string of the molecule is COC1CC(C)CC(C)/C=C(\CC=CCO)C(=O)CC(O)C(C)COC(=O)C2CCCCN2C(=O)CC(O)(O)C(C)CC(OC)C1. The monoisotopic (exact) mass is 653 g/mol. The maximum Gasteiger partial charge on any atom is 0.328 e. The molecule has 0 saturated carbocycles. The van der Waals surface area contributed by atoms with E-state index in [-0.39, 0.29) is 55.9 Å². The molecule has 2 aliphatic heterocycles. The summed E-state index contributed by atoms with van der Waals surface area (Å²) in [5.74, 6) is -4.67. The molecule has 2 heterocycles. The Morgan fingerprint density at radius 2 is 1.65 bits per heavy atom. The molecule has 0 aromatic rings. The summed E-state index contributed by atoms with van der Waals surface area (Å²) >= 11 is 0. The number of fused-ring (bicyclic) bond motifs is 1. The minimum Gasteiger partial charge on any atom is -0.464 e. The molecule has 0 radical (unpaired) electrons. The van der Waals surface area contributed by atoms with Crippen molar-refractivity contribution < 1.29 is 49.0 Å². The predicted molar refractivity (Wildman–Crippen MR) is 173 cm³/mol. The lowest BCUT2D eigenvalue weighted by atomic mass is 9.86. The molecule has 11 heteroatoms. The maximum absolute atomic E-state index is 13.4. The Bertz CT molecular complexity index is 1030. The largest absolute Gasteiger partial charge is 0.464 e. The van der Waals surface area contributed by atoms with Crippen molar-refractivity contribution in [2.45, 2.75) is 122 Å². The number of ketones is 1. The number of hydrogen-bond donors (Lipinski definition) is 4. The van der Waals surface area contributed by atoms with Gasteiger partial charge in [-0.2, -0.15) is 0 Å². The summed E-state index contributed by atoms with van der Waals surface area (Å²) in [6, 6.07) is -0.870. The van der Waals surface area contributed by atoms with Crippen LogP contribution in [0.4, 0.5) is 0 Å². The van der Waals surface area contributed by atoms with Gasteiger partial charge < -0.3 is 39.5 Å². The molecule has 2 rings (SSSR count). The molecular weight excluding hydrogens is 594 g/mol. The van der Waals surface area contributed by atoms with Gasteiger partial charge in [-0.3, -0.25) is 9.59 Å². The molecule has 0 aromatic heterocycles. The van der Waals surface area contributed by atoms with E-state index in [4.69, 9.17) is 14.2 Å². The second kappa shape index (κ2) is 19.6. The highest BCUT2D eigenvalue weighted by molar-refractivity contribution is 5.96. The summed E-state index contributed by atoms with van der Waals surface area (Å²) in [7, 11) is 3.21. The van der Waals surface area contributed by atoms with Crippen LogP contribution in [0, 0.1) is 23.7 Å². The highest BCUT2D eigenvalue weighted by atomic mass is 16.5. The van der Waals surface area contributed by atoms with Gasteiger partial charge in [-0.25, -0.2) is 4.79 Å². The van der Waals surface area contributed by atoms with E-state index in [0.717, 1.165) is 12.8 Å². The lowest BCUT2D eigenvalue weighted by molar-refractivity contribution is -0.212. The van der Waals surface area contributed by atoms with Gasteiger partial charge in [0.05, 0.1) is 37.9 Å². The summed E-state index contributed by atoms with van der Waals surface area (Å²) in [4.78, 5) is 41.3. The van der Waals surface area contributed by atoms with Gasteiger partial charge in [-0.1, -0.05) is 45.9 Å². The Morgan fingerprint density at radius 3 is 2.30 bits per heavy atom. The Balaban J connectivity index is 2.38. The molecular formula is C35H59NO10. The van der Waals surface area contributed by atoms with E-state index in [2.05, 4.69) is 6.92 Å². The number of Topliss-reactive ketones (excluding diaryl/α,β-unsaturated/α-hetero) is 1. The molecule has 1 fully saturated rings. The Hall–Kier alpha value is -2.15. The van der Waals surface area contributed by atoms with Crippen LogP contribution in [0.5, 0.6) is 0 Å². The zero-order valence-electron chi connectivity index (χ0n) is 28.7. The molecule has 11 nitrogen and oxygen atoms in total. The summed E-state index contributed by atoms with van der Waals surface area (Å²) in [6.07, 6.45) is 7.35.